The molecule has 0 saturated carbocycles. The van der Waals surface area contributed by atoms with Crippen molar-refractivity contribution in [3.63, 3.8) is 0 Å². The number of Topliss-reactive ketones (excluding diaryl/α,β-unsaturated/α-hetero) is 1. The van der Waals surface area contributed by atoms with Gasteiger partial charge in [0.2, 0.25) is 5.91 Å². The molecule has 1 amide bonds. The van der Waals surface area contributed by atoms with Crippen LogP contribution in [-0.2, 0) is 9.59 Å². The molecule has 12 heavy (non-hydrogen) atoms. The summed E-state index contributed by atoms with van der Waals surface area (Å²) in [6.07, 6.45) is 1.05. The van der Waals surface area contributed by atoms with Crippen LogP contribution >= 0.6 is 0 Å². The van der Waals surface area contributed by atoms with E-state index >= 15 is 0 Å². The minimum Gasteiger partial charge on any atom is -0.344 e. The van der Waals surface area contributed by atoms with Gasteiger partial charge in [0.05, 0.1) is 5.54 Å². The summed E-state index contributed by atoms with van der Waals surface area (Å²) in [6.45, 7) is 6.91. The van der Waals surface area contributed by atoms with Crippen molar-refractivity contribution >= 4 is 11.7 Å². The maximum atomic E-state index is 11.1. The van der Waals surface area contributed by atoms with Crippen molar-refractivity contribution in [3.8, 4) is 0 Å². The van der Waals surface area contributed by atoms with Gasteiger partial charge in [-0.1, -0.05) is 13.8 Å². The summed E-state index contributed by atoms with van der Waals surface area (Å²) in [5.74, 6) is -0.0682. The Bertz CT molecular complexity index is 189. The van der Waals surface area contributed by atoms with Gasteiger partial charge in [0.1, 0.15) is 0 Å². The average molecular weight is 171 g/mol. The number of amides is 1. The molecule has 0 aromatic carbocycles. The summed E-state index contributed by atoms with van der Waals surface area (Å²) in [4.78, 5) is 22.2. The van der Waals surface area contributed by atoms with E-state index in [1.54, 1.807) is 13.8 Å². The second-order valence-electron chi connectivity index (χ2n) is 3.14. The van der Waals surface area contributed by atoms with Crippen molar-refractivity contribution in [1.82, 2.24) is 5.32 Å². The molecule has 1 atom stereocenters. The topological polar surface area (TPSA) is 46.2 Å². The molecule has 3 nitrogen and oxygen atoms in total. The van der Waals surface area contributed by atoms with E-state index in [0.29, 0.717) is 12.8 Å². The smallest absolute Gasteiger partial charge is 0.220 e. The van der Waals surface area contributed by atoms with Crippen LogP contribution in [0, 0.1) is 0 Å². The van der Waals surface area contributed by atoms with Crippen LogP contribution in [0.1, 0.15) is 40.5 Å². The Kier molecular flexibility index (Phi) is 3.93. The lowest BCUT2D eigenvalue weighted by Gasteiger charge is -2.26. The van der Waals surface area contributed by atoms with Gasteiger partial charge in [-0.15, -0.1) is 0 Å². The van der Waals surface area contributed by atoms with Crippen LogP contribution in [0.4, 0.5) is 0 Å². The van der Waals surface area contributed by atoms with Crippen LogP contribution in [0.3, 0.4) is 0 Å². The second-order valence-corrected chi connectivity index (χ2v) is 3.14. The minimum absolute atomic E-state index is 0.00630. The lowest BCUT2D eigenvalue weighted by atomic mass is 9.94. The standard InChI is InChI=1S/C9H17NO2/c1-5-8(12)10-9(4,6-2)7(3)11/h5-6H2,1-4H3,(H,10,12). The van der Waals surface area contributed by atoms with Crippen LogP contribution in [0.15, 0.2) is 0 Å². The maximum absolute atomic E-state index is 11.1. The first-order valence-electron chi connectivity index (χ1n) is 4.28. The summed E-state index contributed by atoms with van der Waals surface area (Å²) < 4.78 is 0. The number of ketones is 1. The predicted octanol–water partition coefficient (Wildman–Crippen LogP) is 1.27. The van der Waals surface area contributed by atoms with Crippen molar-refractivity contribution in [3.05, 3.63) is 0 Å². The predicted molar refractivity (Wildman–Crippen MR) is 47.8 cm³/mol. The number of hydrogen-bond acceptors (Lipinski definition) is 2. The Hall–Kier alpha value is -0.860. The number of carbonyl (C=O) groups excluding carboxylic acids is 2. The molecule has 1 N–H and O–H groups in total. The van der Waals surface area contributed by atoms with E-state index < -0.39 is 5.54 Å². The van der Waals surface area contributed by atoms with E-state index in [0.717, 1.165) is 0 Å². The fourth-order valence-corrected chi connectivity index (χ4v) is 0.821. The van der Waals surface area contributed by atoms with Gasteiger partial charge >= 0.3 is 0 Å². The van der Waals surface area contributed by atoms with E-state index in [9.17, 15) is 9.59 Å². The number of carbonyl (C=O) groups is 2. The summed E-state index contributed by atoms with van der Waals surface area (Å²) in [5.41, 5.74) is -0.674. The van der Waals surface area contributed by atoms with Gasteiger partial charge < -0.3 is 5.32 Å². The van der Waals surface area contributed by atoms with Crippen LogP contribution < -0.4 is 5.32 Å². The first-order chi connectivity index (χ1) is 5.46. The quantitative estimate of drug-likeness (QED) is 0.692. The van der Waals surface area contributed by atoms with E-state index in [-0.39, 0.29) is 11.7 Å². The third-order valence-corrected chi connectivity index (χ3v) is 2.22. The van der Waals surface area contributed by atoms with Gasteiger partial charge in [0.25, 0.3) is 0 Å². The highest BCUT2D eigenvalue weighted by molar-refractivity contribution is 5.90. The van der Waals surface area contributed by atoms with Crippen molar-refractivity contribution in [2.45, 2.75) is 46.1 Å². The Morgan fingerprint density at radius 3 is 2.08 bits per heavy atom. The Labute approximate surface area is 73.5 Å². The molecular formula is C9H17NO2. The third-order valence-electron chi connectivity index (χ3n) is 2.22. The van der Waals surface area contributed by atoms with Crippen LogP contribution in [-0.4, -0.2) is 17.2 Å². The van der Waals surface area contributed by atoms with E-state index in [4.69, 9.17) is 0 Å². The molecule has 0 radical (unpaired) electrons. The molecule has 0 rings (SSSR count). The maximum Gasteiger partial charge on any atom is 0.220 e. The molecule has 1 unspecified atom stereocenters. The van der Waals surface area contributed by atoms with Crippen LogP contribution in [0.2, 0.25) is 0 Å². The highest BCUT2D eigenvalue weighted by atomic mass is 16.2. The van der Waals surface area contributed by atoms with Gasteiger partial charge in [0.15, 0.2) is 5.78 Å². The SMILES string of the molecule is CCC(=O)NC(C)(CC)C(C)=O. The van der Waals surface area contributed by atoms with Crippen LogP contribution in [0.5, 0.6) is 0 Å². The molecule has 0 heterocycles. The molecule has 0 aromatic heterocycles. The van der Waals surface area contributed by atoms with E-state index in [2.05, 4.69) is 5.32 Å². The molecule has 0 aromatic rings. The molecule has 0 fully saturated rings. The Balaban J connectivity index is 4.34. The summed E-state index contributed by atoms with van der Waals surface area (Å²) in [6, 6.07) is 0. The Morgan fingerprint density at radius 1 is 1.33 bits per heavy atom. The molecule has 0 aliphatic heterocycles. The highest BCUT2D eigenvalue weighted by Gasteiger charge is 2.28. The minimum atomic E-state index is -0.674. The highest BCUT2D eigenvalue weighted by Crippen LogP contribution is 2.10. The molecule has 0 spiro atoms. The van der Waals surface area contributed by atoms with Crippen molar-refractivity contribution < 1.29 is 9.59 Å². The first-order valence-corrected chi connectivity index (χ1v) is 4.28. The van der Waals surface area contributed by atoms with E-state index in [1.807, 2.05) is 6.92 Å². The van der Waals surface area contributed by atoms with Crippen LogP contribution in [0.25, 0.3) is 0 Å². The lowest BCUT2D eigenvalue weighted by Crippen LogP contribution is -2.50. The first kappa shape index (κ1) is 11.1. The number of hydrogen-bond donors (Lipinski definition) is 1. The Morgan fingerprint density at radius 2 is 1.83 bits per heavy atom. The van der Waals surface area contributed by atoms with Crippen molar-refractivity contribution in [2.24, 2.45) is 0 Å². The van der Waals surface area contributed by atoms with Gasteiger partial charge in [-0.3, -0.25) is 9.59 Å². The fourth-order valence-electron chi connectivity index (χ4n) is 0.821. The zero-order chi connectivity index (χ0) is 9.78. The second kappa shape index (κ2) is 4.24. The van der Waals surface area contributed by atoms with Gasteiger partial charge in [0, 0.05) is 6.42 Å². The summed E-state index contributed by atoms with van der Waals surface area (Å²) in [5, 5.41) is 2.70. The molecular weight excluding hydrogens is 154 g/mol. The van der Waals surface area contributed by atoms with Crippen molar-refractivity contribution in [2.75, 3.05) is 0 Å². The molecule has 0 bridgehead atoms. The lowest BCUT2D eigenvalue weighted by molar-refractivity contribution is -0.130. The van der Waals surface area contributed by atoms with Gasteiger partial charge in [-0.25, -0.2) is 0 Å². The third kappa shape index (κ3) is 2.64. The zero-order valence-electron chi connectivity index (χ0n) is 8.23. The van der Waals surface area contributed by atoms with Crippen molar-refractivity contribution in [1.29, 1.82) is 0 Å². The molecule has 3 heteroatoms. The fraction of sp³-hybridized carbons (Fsp3) is 0.778. The van der Waals surface area contributed by atoms with Gasteiger partial charge in [-0.2, -0.15) is 0 Å². The van der Waals surface area contributed by atoms with E-state index in [1.165, 1.54) is 6.92 Å². The molecule has 0 saturated heterocycles. The van der Waals surface area contributed by atoms with Gasteiger partial charge in [-0.05, 0) is 20.3 Å². The zero-order valence-corrected chi connectivity index (χ0v) is 8.23. The monoisotopic (exact) mass is 171 g/mol. The average Bonchev–Trinajstić information content (AvgIpc) is 2.03. The number of nitrogens with one attached hydrogen (secondary N) is 1. The largest absolute Gasteiger partial charge is 0.344 e. The molecule has 70 valence electrons. The normalized spacial score (nSPS) is 15.0. The molecule has 0 aliphatic rings. The summed E-state index contributed by atoms with van der Waals surface area (Å²) in [7, 11) is 0. The number of rotatable bonds is 4. The summed E-state index contributed by atoms with van der Waals surface area (Å²) >= 11 is 0. The molecule has 0 aliphatic carbocycles.